The van der Waals surface area contributed by atoms with Crippen LogP contribution in [0.5, 0.6) is 5.75 Å². The maximum atomic E-state index is 10.5. The Morgan fingerprint density at radius 2 is 2.29 bits per heavy atom. The van der Waals surface area contributed by atoms with Crippen molar-refractivity contribution in [2.75, 3.05) is 12.8 Å². The van der Waals surface area contributed by atoms with Gasteiger partial charge in [-0.15, -0.1) is 0 Å². The van der Waals surface area contributed by atoms with Crippen molar-refractivity contribution in [2.24, 2.45) is 0 Å². The van der Waals surface area contributed by atoms with Gasteiger partial charge in [-0.2, -0.15) is 5.26 Å². The number of anilines is 1. The third-order valence-corrected chi connectivity index (χ3v) is 1.67. The number of rotatable bonds is 2. The first-order valence-corrected chi connectivity index (χ1v) is 3.62. The van der Waals surface area contributed by atoms with Crippen LogP contribution in [0.15, 0.2) is 12.1 Å². The van der Waals surface area contributed by atoms with E-state index in [1.807, 2.05) is 6.07 Å². The van der Waals surface area contributed by atoms with Crippen molar-refractivity contribution in [3.8, 4) is 11.8 Å². The van der Waals surface area contributed by atoms with Crippen molar-refractivity contribution in [2.45, 2.75) is 0 Å². The third kappa shape index (κ3) is 1.56. The van der Waals surface area contributed by atoms with Gasteiger partial charge in [0.05, 0.1) is 23.7 Å². The molecule has 0 aliphatic carbocycles. The molecule has 0 spiro atoms. The van der Waals surface area contributed by atoms with Crippen molar-refractivity contribution < 1.29 is 9.66 Å². The summed E-state index contributed by atoms with van der Waals surface area (Å²) in [5.74, 6) is 0.147. The summed E-state index contributed by atoms with van der Waals surface area (Å²) in [6.07, 6.45) is 0. The van der Waals surface area contributed by atoms with Crippen molar-refractivity contribution in [1.29, 1.82) is 5.26 Å². The molecule has 0 aliphatic rings. The second-order valence-corrected chi connectivity index (χ2v) is 2.48. The first-order valence-electron chi connectivity index (χ1n) is 3.62. The average Bonchev–Trinajstić information content (AvgIpc) is 2.16. The minimum absolute atomic E-state index is 0.0487. The lowest BCUT2D eigenvalue weighted by atomic mass is 10.1. The minimum Gasteiger partial charge on any atom is -0.495 e. The molecule has 0 saturated carbocycles. The van der Waals surface area contributed by atoms with Crippen LogP contribution in [0.2, 0.25) is 0 Å². The van der Waals surface area contributed by atoms with Gasteiger partial charge in [0, 0.05) is 0 Å². The van der Waals surface area contributed by atoms with Crippen LogP contribution in [0.1, 0.15) is 5.56 Å². The number of nitrogens with two attached hydrogens (primary N) is 1. The van der Waals surface area contributed by atoms with E-state index in [-0.39, 0.29) is 22.7 Å². The number of nitro groups is 1. The van der Waals surface area contributed by atoms with Crippen LogP contribution in [0.25, 0.3) is 0 Å². The first-order chi connectivity index (χ1) is 6.60. The van der Waals surface area contributed by atoms with E-state index in [0.29, 0.717) is 0 Å². The molecule has 0 bridgehead atoms. The van der Waals surface area contributed by atoms with E-state index in [0.717, 1.165) is 6.07 Å². The van der Waals surface area contributed by atoms with E-state index in [9.17, 15) is 10.1 Å². The van der Waals surface area contributed by atoms with E-state index < -0.39 is 4.92 Å². The number of methoxy groups -OCH3 is 1. The fourth-order valence-corrected chi connectivity index (χ4v) is 1.00. The second kappa shape index (κ2) is 3.62. The Kier molecular flexibility index (Phi) is 2.53. The number of benzene rings is 1. The third-order valence-electron chi connectivity index (χ3n) is 1.67. The predicted molar refractivity (Wildman–Crippen MR) is 48.8 cm³/mol. The van der Waals surface area contributed by atoms with Gasteiger partial charge in [0.2, 0.25) is 0 Å². The van der Waals surface area contributed by atoms with Gasteiger partial charge >= 0.3 is 0 Å². The molecule has 14 heavy (non-hydrogen) atoms. The molecule has 0 aliphatic heterocycles. The van der Waals surface area contributed by atoms with Crippen LogP contribution in [0, 0.1) is 21.4 Å². The van der Waals surface area contributed by atoms with Gasteiger partial charge in [-0.3, -0.25) is 10.1 Å². The maximum Gasteiger partial charge on any atom is 0.295 e. The molecule has 1 aromatic rings. The monoisotopic (exact) mass is 193 g/mol. The smallest absolute Gasteiger partial charge is 0.295 e. The molecular formula is C8H7N3O3. The minimum atomic E-state index is -0.626. The number of hydrogen-bond acceptors (Lipinski definition) is 5. The van der Waals surface area contributed by atoms with Crippen LogP contribution in [0.3, 0.4) is 0 Å². The average molecular weight is 193 g/mol. The Balaban J connectivity index is 3.39. The van der Waals surface area contributed by atoms with E-state index in [4.69, 9.17) is 15.7 Å². The molecule has 0 aromatic heterocycles. The molecule has 0 saturated heterocycles. The molecule has 1 aromatic carbocycles. The molecule has 6 nitrogen and oxygen atoms in total. The van der Waals surface area contributed by atoms with Crippen molar-refractivity contribution in [1.82, 2.24) is 0 Å². The maximum absolute atomic E-state index is 10.5. The standard InChI is InChI=1S/C8H7N3O3/c1-14-8-3-7(11(12)13)6(10)2-5(8)4-9/h2-3H,10H2,1H3. The predicted octanol–water partition coefficient (Wildman–Crippen LogP) is 1.06. The van der Waals surface area contributed by atoms with Gasteiger partial charge in [0.1, 0.15) is 17.5 Å². The molecule has 0 fully saturated rings. The highest BCUT2D eigenvalue weighted by Crippen LogP contribution is 2.29. The zero-order valence-electron chi connectivity index (χ0n) is 7.35. The van der Waals surface area contributed by atoms with E-state index in [1.54, 1.807) is 0 Å². The highest BCUT2D eigenvalue weighted by atomic mass is 16.6. The van der Waals surface area contributed by atoms with Gasteiger partial charge < -0.3 is 10.5 Å². The zero-order chi connectivity index (χ0) is 10.7. The molecule has 0 heterocycles. The summed E-state index contributed by atoms with van der Waals surface area (Å²) < 4.78 is 4.80. The van der Waals surface area contributed by atoms with Crippen LogP contribution in [0.4, 0.5) is 11.4 Å². The zero-order valence-corrected chi connectivity index (χ0v) is 7.35. The molecule has 0 unspecified atom stereocenters. The number of nitrogen functional groups attached to an aromatic ring is 1. The normalized spacial score (nSPS) is 9.14. The fraction of sp³-hybridized carbons (Fsp3) is 0.125. The van der Waals surface area contributed by atoms with E-state index in [1.165, 1.54) is 13.2 Å². The Labute approximate surface area is 79.7 Å². The van der Waals surface area contributed by atoms with Crippen molar-refractivity contribution in [3.05, 3.63) is 27.8 Å². The van der Waals surface area contributed by atoms with E-state index in [2.05, 4.69) is 0 Å². The Hall–Kier alpha value is -2.29. The number of ether oxygens (including phenoxy) is 1. The Morgan fingerprint density at radius 1 is 1.64 bits per heavy atom. The van der Waals surface area contributed by atoms with Crippen LogP contribution >= 0.6 is 0 Å². The van der Waals surface area contributed by atoms with Crippen LogP contribution in [-0.4, -0.2) is 12.0 Å². The van der Waals surface area contributed by atoms with Crippen LogP contribution < -0.4 is 10.5 Å². The quantitative estimate of drug-likeness (QED) is 0.429. The molecule has 2 N–H and O–H groups in total. The lowest BCUT2D eigenvalue weighted by Gasteiger charge is -2.03. The van der Waals surface area contributed by atoms with Crippen LogP contribution in [-0.2, 0) is 0 Å². The molecule has 1 rings (SSSR count). The van der Waals surface area contributed by atoms with Crippen molar-refractivity contribution in [3.63, 3.8) is 0 Å². The Bertz CT molecular complexity index is 423. The summed E-state index contributed by atoms with van der Waals surface area (Å²) in [6, 6.07) is 4.18. The molecule has 0 atom stereocenters. The van der Waals surface area contributed by atoms with Gasteiger partial charge in [-0.25, -0.2) is 0 Å². The summed E-state index contributed by atoms with van der Waals surface area (Å²) in [7, 11) is 1.33. The number of hydrogen-bond donors (Lipinski definition) is 1. The largest absolute Gasteiger partial charge is 0.495 e. The SMILES string of the molecule is COc1cc([N+](=O)[O-])c(N)cc1C#N. The van der Waals surface area contributed by atoms with Gasteiger partial charge in [0.25, 0.3) is 5.69 Å². The lowest BCUT2D eigenvalue weighted by Crippen LogP contribution is -1.98. The van der Waals surface area contributed by atoms with Gasteiger partial charge in [-0.1, -0.05) is 0 Å². The number of nitriles is 1. The van der Waals surface area contributed by atoms with E-state index >= 15 is 0 Å². The molecule has 0 radical (unpaired) electrons. The topological polar surface area (TPSA) is 102 Å². The summed E-state index contributed by atoms with van der Waals surface area (Å²) >= 11 is 0. The summed E-state index contributed by atoms with van der Waals surface area (Å²) in [5.41, 5.74) is 5.24. The molecule has 6 heteroatoms. The summed E-state index contributed by atoms with van der Waals surface area (Å²) in [5, 5.41) is 19.1. The molecule has 72 valence electrons. The first kappa shape index (κ1) is 9.80. The highest BCUT2D eigenvalue weighted by molar-refractivity contribution is 5.65. The van der Waals surface area contributed by atoms with Gasteiger partial charge in [-0.05, 0) is 6.07 Å². The second-order valence-electron chi connectivity index (χ2n) is 2.48. The molecular weight excluding hydrogens is 186 g/mol. The Morgan fingerprint density at radius 3 is 2.71 bits per heavy atom. The number of nitro benzene ring substituents is 1. The fourth-order valence-electron chi connectivity index (χ4n) is 1.00. The van der Waals surface area contributed by atoms with Crippen molar-refractivity contribution >= 4 is 11.4 Å². The summed E-state index contributed by atoms with van der Waals surface area (Å²) in [4.78, 5) is 9.85. The summed E-state index contributed by atoms with van der Waals surface area (Å²) in [6.45, 7) is 0. The number of nitrogens with zero attached hydrogens (tertiary/aromatic N) is 2. The van der Waals surface area contributed by atoms with Gasteiger partial charge in [0.15, 0.2) is 0 Å². The highest BCUT2D eigenvalue weighted by Gasteiger charge is 2.16. The molecule has 0 amide bonds. The lowest BCUT2D eigenvalue weighted by molar-refractivity contribution is -0.384.